The number of hydrogen-bond donors (Lipinski definition) is 2. The molecule has 0 radical (unpaired) electrons. The van der Waals surface area contributed by atoms with Gasteiger partial charge in [-0.25, -0.2) is 4.98 Å². The van der Waals surface area contributed by atoms with E-state index in [1.165, 1.54) is 0 Å². The fourth-order valence-electron chi connectivity index (χ4n) is 2.28. The molecular weight excluding hydrogens is 288 g/mol. The topological polar surface area (TPSA) is 62.2 Å². The van der Waals surface area contributed by atoms with Crippen molar-refractivity contribution in [2.75, 3.05) is 6.54 Å². The van der Waals surface area contributed by atoms with Gasteiger partial charge in [-0.15, -0.1) is 0 Å². The number of aliphatic hydroxyl groups is 1. The molecule has 2 aromatic rings. The molecule has 2 N–H and O–H groups in total. The van der Waals surface area contributed by atoms with Crippen molar-refractivity contribution in [1.82, 2.24) is 10.3 Å². The first-order valence-corrected chi connectivity index (χ1v) is 7.36. The molecule has 21 heavy (non-hydrogen) atoms. The van der Waals surface area contributed by atoms with Crippen LogP contribution in [0.25, 0.3) is 10.9 Å². The van der Waals surface area contributed by atoms with Crippen molar-refractivity contribution in [3.63, 3.8) is 0 Å². The summed E-state index contributed by atoms with van der Waals surface area (Å²) in [5, 5.41) is 13.5. The van der Waals surface area contributed by atoms with Crippen molar-refractivity contribution < 1.29 is 9.90 Å². The van der Waals surface area contributed by atoms with Crippen LogP contribution in [0.3, 0.4) is 0 Å². The summed E-state index contributed by atoms with van der Waals surface area (Å²) in [6.45, 7) is 4.29. The lowest BCUT2D eigenvalue weighted by atomic mass is 10.0. The number of pyridine rings is 1. The third-order valence-electron chi connectivity index (χ3n) is 3.27. The standard InChI is InChI=1S/C16H19ClN2O2/c1-10(7-11(2)20)9-18-16(21)13-3-5-14-12(8-13)4-6-15(17)19-14/h3-6,8,10-11,20H,7,9H2,1-2H3,(H,18,21). The average molecular weight is 307 g/mol. The second-order valence-corrected chi connectivity index (χ2v) is 5.83. The van der Waals surface area contributed by atoms with E-state index in [2.05, 4.69) is 10.3 Å². The van der Waals surface area contributed by atoms with Crippen LogP contribution in [0.5, 0.6) is 0 Å². The summed E-state index contributed by atoms with van der Waals surface area (Å²) in [5.41, 5.74) is 1.36. The van der Waals surface area contributed by atoms with Crippen molar-refractivity contribution in [1.29, 1.82) is 0 Å². The summed E-state index contributed by atoms with van der Waals surface area (Å²) < 4.78 is 0. The fraction of sp³-hybridized carbons (Fsp3) is 0.375. The molecule has 0 spiro atoms. The molecule has 2 rings (SSSR count). The third-order valence-corrected chi connectivity index (χ3v) is 3.48. The van der Waals surface area contributed by atoms with Gasteiger partial charge in [0.1, 0.15) is 5.15 Å². The number of amides is 1. The highest BCUT2D eigenvalue weighted by atomic mass is 35.5. The number of fused-ring (bicyclic) bond motifs is 1. The molecule has 0 aliphatic rings. The van der Waals surface area contributed by atoms with E-state index in [1.807, 2.05) is 13.0 Å². The van der Waals surface area contributed by atoms with Gasteiger partial charge in [-0.3, -0.25) is 4.79 Å². The first-order chi connectivity index (χ1) is 9.95. The van der Waals surface area contributed by atoms with E-state index < -0.39 is 0 Å². The summed E-state index contributed by atoms with van der Waals surface area (Å²) in [4.78, 5) is 16.3. The number of nitrogens with zero attached hydrogens (tertiary/aromatic N) is 1. The van der Waals surface area contributed by atoms with E-state index in [0.717, 1.165) is 10.9 Å². The molecule has 1 aromatic carbocycles. The summed E-state index contributed by atoms with van der Waals surface area (Å²) in [6.07, 6.45) is 0.314. The van der Waals surface area contributed by atoms with Gasteiger partial charge in [0, 0.05) is 17.5 Å². The minimum Gasteiger partial charge on any atom is -0.393 e. The maximum atomic E-state index is 12.1. The predicted octanol–water partition coefficient (Wildman–Crippen LogP) is 3.03. The number of aliphatic hydroxyl groups excluding tert-OH is 1. The first kappa shape index (κ1) is 15.7. The predicted molar refractivity (Wildman–Crippen MR) is 84.5 cm³/mol. The van der Waals surface area contributed by atoms with Gasteiger partial charge in [0.2, 0.25) is 0 Å². The molecular formula is C16H19ClN2O2. The number of halogens is 1. The van der Waals surface area contributed by atoms with E-state index in [9.17, 15) is 9.90 Å². The third kappa shape index (κ3) is 4.41. The maximum Gasteiger partial charge on any atom is 0.251 e. The number of carbonyl (C=O) groups is 1. The smallest absolute Gasteiger partial charge is 0.251 e. The van der Waals surface area contributed by atoms with Crippen LogP contribution in [0.2, 0.25) is 5.15 Å². The van der Waals surface area contributed by atoms with Gasteiger partial charge < -0.3 is 10.4 Å². The minimum absolute atomic E-state index is 0.121. The Morgan fingerprint density at radius 2 is 2.10 bits per heavy atom. The van der Waals surface area contributed by atoms with Crippen LogP contribution in [0.1, 0.15) is 30.6 Å². The lowest BCUT2D eigenvalue weighted by Crippen LogP contribution is -2.29. The Labute approximate surface area is 129 Å². The molecule has 0 aliphatic heterocycles. The zero-order chi connectivity index (χ0) is 15.4. The highest BCUT2D eigenvalue weighted by molar-refractivity contribution is 6.29. The van der Waals surface area contributed by atoms with E-state index in [0.29, 0.717) is 23.7 Å². The molecule has 112 valence electrons. The maximum absolute atomic E-state index is 12.1. The molecule has 2 atom stereocenters. The number of nitrogens with one attached hydrogen (secondary N) is 1. The largest absolute Gasteiger partial charge is 0.393 e. The molecule has 0 fully saturated rings. The van der Waals surface area contributed by atoms with Crippen LogP contribution < -0.4 is 5.32 Å². The van der Waals surface area contributed by atoms with Crippen LogP contribution in [-0.2, 0) is 0 Å². The lowest BCUT2D eigenvalue weighted by Gasteiger charge is -2.14. The molecule has 1 aromatic heterocycles. The Morgan fingerprint density at radius 3 is 2.81 bits per heavy atom. The fourth-order valence-corrected chi connectivity index (χ4v) is 2.43. The molecule has 0 aliphatic carbocycles. The zero-order valence-corrected chi connectivity index (χ0v) is 12.9. The van der Waals surface area contributed by atoms with Gasteiger partial charge in [-0.2, -0.15) is 0 Å². The van der Waals surface area contributed by atoms with Crippen molar-refractivity contribution >= 4 is 28.4 Å². The van der Waals surface area contributed by atoms with Gasteiger partial charge in [0.15, 0.2) is 0 Å². The van der Waals surface area contributed by atoms with Crippen molar-refractivity contribution in [3.8, 4) is 0 Å². The minimum atomic E-state index is -0.353. The van der Waals surface area contributed by atoms with E-state index in [-0.39, 0.29) is 17.9 Å². The number of rotatable bonds is 5. The summed E-state index contributed by atoms with van der Waals surface area (Å²) in [5.74, 6) is 0.110. The molecule has 4 nitrogen and oxygen atoms in total. The number of carbonyl (C=O) groups excluding carboxylic acids is 1. The van der Waals surface area contributed by atoms with Crippen LogP contribution in [-0.4, -0.2) is 28.6 Å². The van der Waals surface area contributed by atoms with Gasteiger partial charge in [-0.1, -0.05) is 18.5 Å². The van der Waals surface area contributed by atoms with Crippen LogP contribution >= 0.6 is 11.6 Å². The van der Waals surface area contributed by atoms with Crippen LogP contribution in [0, 0.1) is 5.92 Å². The molecule has 0 bridgehead atoms. The van der Waals surface area contributed by atoms with Crippen LogP contribution in [0.4, 0.5) is 0 Å². The van der Waals surface area contributed by atoms with Crippen molar-refractivity contribution in [2.45, 2.75) is 26.4 Å². The second kappa shape index (κ2) is 6.87. The van der Waals surface area contributed by atoms with E-state index >= 15 is 0 Å². The number of aromatic nitrogens is 1. The first-order valence-electron chi connectivity index (χ1n) is 6.98. The van der Waals surface area contributed by atoms with Gasteiger partial charge in [0.25, 0.3) is 5.91 Å². The van der Waals surface area contributed by atoms with E-state index in [1.54, 1.807) is 31.2 Å². The molecule has 1 amide bonds. The van der Waals surface area contributed by atoms with Crippen molar-refractivity contribution in [2.24, 2.45) is 5.92 Å². The highest BCUT2D eigenvalue weighted by Crippen LogP contribution is 2.17. The molecule has 5 heteroatoms. The summed E-state index contributed by atoms with van der Waals surface area (Å²) >= 11 is 5.84. The Balaban J connectivity index is 2.04. The average Bonchev–Trinajstić information content (AvgIpc) is 2.43. The van der Waals surface area contributed by atoms with Gasteiger partial charge >= 0.3 is 0 Å². The SMILES string of the molecule is CC(O)CC(C)CNC(=O)c1ccc2nc(Cl)ccc2c1. The Bertz CT molecular complexity index is 643. The van der Waals surface area contributed by atoms with Gasteiger partial charge in [-0.05, 0) is 49.6 Å². The number of hydrogen-bond acceptors (Lipinski definition) is 3. The Morgan fingerprint density at radius 1 is 1.33 bits per heavy atom. The molecule has 0 saturated heterocycles. The Kier molecular flexibility index (Phi) is 5.15. The monoisotopic (exact) mass is 306 g/mol. The summed E-state index contributed by atoms with van der Waals surface area (Å²) in [6, 6.07) is 8.87. The van der Waals surface area contributed by atoms with Gasteiger partial charge in [0.05, 0.1) is 11.6 Å². The number of benzene rings is 1. The quantitative estimate of drug-likeness (QED) is 0.835. The summed E-state index contributed by atoms with van der Waals surface area (Å²) in [7, 11) is 0. The zero-order valence-electron chi connectivity index (χ0n) is 12.1. The lowest BCUT2D eigenvalue weighted by molar-refractivity contribution is 0.0939. The Hall–Kier alpha value is -1.65. The normalized spacial score (nSPS) is 13.9. The molecule has 2 unspecified atom stereocenters. The second-order valence-electron chi connectivity index (χ2n) is 5.44. The highest BCUT2D eigenvalue weighted by Gasteiger charge is 2.10. The molecule has 0 saturated carbocycles. The molecule has 1 heterocycles. The van der Waals surface area contributed by atoms with Crippen molar-refractivity contribution in [3.05, 3.63) is 41.0 Å². The van der Waals surface area contributed by atoms with Crippen LogP contribution in [0.15, 0.2) is 30.3 Å². The van der Waals surface area contributed by atoms with E-state index in [4.69, 9.17) is 11.6 Å².